The van der Waals surface area contributed by atoms with Gasteiger partial charge >= 0.3 is 6.18 Å². The van der Waals surface area contributed by atoms with Crippen LogP contribution >= 0.6 is 0 Å². The van der Waals surface area contributed by atoms with Crippen LogP contribution in [0, 0.1) is 10.1 Å². The summed E-state index contributed by atoms with van der Waals surface area (Å²) in [5.41, 5.74) is -0.364. The molecule has 0 heterocycles. The third kappa shape index (κ3) is 5.64. The Morgan fingerprint density at radius 1 is 1.08 bits per heavy atom. The third-order valence-electron chi connectivity index (χ3n) is 2.78. The van der Waals surface area contributed by atoms with Gasteiger partial charge in [0.15, 0.2) is 11.5 Å². The highest BCUT2D eigenvalue weighted by Crippen LogP contribution is 2.31. The van der Waals surface area contributed by atoms with Gasteiger partial charge in [-0.05, 0) is 24.3 Å². The molecule has 11 heteroatoms. The molecule has 0 fully saturated rings. The van der Waals surface area contributed by atoms with Crippen molar-refractivity contribution in [1.82, 2.24) is 0 Å². The molecule has 0 bridgehead atoms. The third-order valence-corrected chi connectivity index (χ3v) is 4.02. The standard InChI is InChI=1S/C14H11F3N2O5S/c15-14(16,17)9-25(22,23)18-12-3-1-2-4-13(12)24-11-7-5-10(6-8-11)19(20)21/h1-8,18H,9H2. The Balaban J connectivity index is 2.22. The van der Waals surface area contributed by atoms with Gasteiger partial charge in [-0.3, -0.25) is 14.8 Å². The minimum absolute atomic E-state index is 0.0536. The SMILES string of the molecule is O=[N+]([O-])c1ccc(Oc2ccccc2NS(=O)(=O)CC(F)(F)F)cc1. The van der Waals surface area contributed by atoms with E-state index >= 15 is 0 Å². The number of nitro groups is 1. The first-order valence-electron chi connectivity index (χ1n) is 6.64. The summed E-state index contributed by atoms with van der Waals surface area (Å²) in [4.78, 5) is 9.98. The van der Waals surface area contributed by atoms with Crippen LogP contribution in [0.25, 0.3) is 0 Å². The van der Waals surface area contributed by atoms with Gasteiger partial charge in [-0.2, -0.15) is 13.2 Å². The summed E-state index contributed by atoms with van der Waals surface area (Å²) in [5.74, 6) is -1.94. The maximum Gasteiger partial charge on any atom is 0.404 e. The molecule has 2 aromatic carbocycles. The molecule has 2 aromatic rings. The number of non-ortho nitro benzene ring substituents is 1. The lowest BCUT2D eigenvalue weighted by Gasteiger charge is -2.14. The Bertz CT molecular complexity index is 867. The molecule has 25 heavy (non-hydrogen) atoms. The molecule has 7 nitrogen and oxygen atoms in total. The Morgan fingerprint density at radius 2 is 1.68 bits per heavy atom. The van der Waals surface area contributed by atoms with E-state index in [0.717, 1.165) is 0 Å². The number of rotatable bonds is 6. The van der Waals surface area contributed by atoms with Crippen LogP contribution in [0.4, 0.5) is 24.5 Å². The van der Waals surface area contributed by atoms with E-state index < -0.39 is 26.9 Å². The van der Waals surface area contributed by atoms with Gasteiger partial charge in [-0.1, -0.05) is 12.1 Å². The first-order valence-corrected chi connectivity index (χ1v) is 8.29. The van der Waals surface area contributed by atoms with Crippen LogP contribution in [0.1, 0.15) is 0 Å². The zero-order chi connectivity index (χ0) is 18.7. The molecule has 134 valence electrons. The molecular weight excluding hydrogens is 365 g/mol. The first-order chi connectivity index (χ1) is 11.6. The number of para-hydroxylation sites is 2. The average Bonchev–Trinajstić information content (AvgIpc) is 2.47. The average molecular weight is 376 g/mol. The van der Waals surface area contributed by atoms with Crippen molar-refractivity contribution in [3.63, 3.8) is 0 Å². The molecule has 0 aliphatic carbocycles. The van der Waals surface area contributed by atoms with Gasteiger partial charge in [0.2, 0.25) is 10.0 Å². The predicted molar refractivity (Wildman–Crippen MR) is 83.1 cm³/mol. The van der Waals surface area contributed by atoms with E-state index in [-0.39, 0.29) is 22.9 Å². The van der Waals surface area contributed by atoms with Gasteiger partial charge in [0.1, 0.15) is 5.75 Å². The number of halogens is 3. The second kappa shape index (κ2) is 6.97. The largest absolute Gasteiger partial charge is 0.455 e. The molecule has 0 saturated carbocycles. The molecular formula is C14H11F3N2O5S. The van der Waals surface area contributed by atoms with Crippen molar-refractivity contribution < 1.29 is 31.2 Å². The summed E-state index contributed by atoms with van der Waals surface area (Å²) >= 11 is 0. The summed E-state index contributed by atoms with van der Waals surface area (Å²) in [5, 5.41) is 10.6. The normalized spacial score (nSPS) is 11.8. The van der Waals surface area contributed by atoms with Crippen molar-refractivity contribution in [3.05, 3.63) is 58.6 Å². The number of ether oxygens (including phenoxy) is 1. The Labute approximate surface area is 140 Å². The number of hydrogen-bond donors (Lipinski definition) is 1. The maximum atomic E-state index is 12.3. The second-order valence-electron chi connectivity index (χ2n) is 4.83. The lowest BCUT2D eigenvalue weighted by molar-refractivity contribution is -0.384. The highest BCUT2D eigenvalue weighted by atomic mass is 32.2. The van der Waals surface area contributed by atoms with Gasteiger partial charge < -0.3 is 4.74 Å². The van der Waals surface area contributed by atoms with E-state index in [1.54, 1.807) is 0 Å². The van der Waals surface area contributed by atoms with Gasteiger partial charge in [-0.15, -0.1) is 0 Å². The van der Waals surface area contributed by atoms with Crippen LogP contribution in [0.5, 0.6) is 11.5 Å². The maximum absolute atomic E-state index is 12.3. The van der Waals surface area contributed by atoms with E-state index in [9.17, 15) is 31.7 Å². The Hall–Kier alpha value is -2.82. The molecule has 0 aromatic heterocycles. The summed E-state index contributed by atoms with van der Waals surface area (Å²) in [7, 11) is -4.67. The molecule has 0 amide bonds. The summed E-state index contributed by atoms with van der Waals surface area (Å²) in [6, 6.07) is 10.4. The molecule has 0 spiro atoms. The van der Waals surface area contributed by atoms with E-state index in [4.69, 9.17) is 4.74 Å². The summed E-state index contributed by atoms with van der Waals surface area (Å²) in [6.07, 6.45) is -4.89. The molecule has 0 saturated heterocycles. The predicted octanol–water partition coefficient (Wildman–Crippen LogP) is 3.69. The fourth-order valence-corrected chi connectivity index (χ4v) is 2.83. The van der Waals surface area contributed by atoms with Crippen molar-refractivity contribution in [3.8, 4) is 11.5 Å². The number of sulfonamides is 1. The van der Waals surface area contributed by atoms with Gasteiger partial charge in [0, 0.05) is 12.1 Å². The molecule has 2 rings (SSSR count). The molecule has 0 unspecified atom stereocenters. The number of benzene rings is 2. The fourth-order valence-electron chi connectivity index (χ4n) is 1.82. The first kappa shape index (κ1) is 18.5. The van der Waals surface area contributed by atoms with E-state index in [2.05, 4.69) is 0 Å². The van der Waals surface area contributed by atoms with E-state index in [0.29, 0.717) is 0 Å². The summed E-state index contributed by atoms with van der Waals surface area (Å²) < 4.78 is 67.3. The van der Waals surface area contributed by atoms with Crippen molar-refractivity contribution in [2.75, 3.05) is 10.5 Å². The van der Waals surface area contributed by atoms with Crippen molar-refractivity contribution in [2.24, 2.45) is 0 Å². The molecule has 1 N–H and O–H groups in total. The quantitative estimate of drug-likeness (QED) is 0.612. The van der Waals surface area contributed by atoms with Crippen LogP contribution in [0.3, 0.4) is 0 Å². The molecule has 0 aliphatic heterocycles. The lowest BCUT2D eigenvalue weighted by Crippen LogP contribution is -2.27. The number of alkyl halides is 3. The second-order valence-corrected chi connectivity index (χ2v) is 6.55. The van der Waals surface area contributed by atoms with Crippen LogP contribution < -0.4 is 9.46 Å². The minimum Gasteiger partial charge on any atom is -0.455 e. The highest BCUT2D eigenvalue weighted by molar-refractivity contribution is 7.92. The van der Waals surface area contributed by atoms with Crippen molar-refractivity contribution >= 4 is 21.4 Å². The molecule has 0 aliphatic rings. The highest BCUT2D eigenvalue weighted by Gasteiger charge is 2.35. The van der Waals surface area contributed by atoms with Crippen molar-refractivity contribution in [2.45, 2.75) is 6.18 Å². The smallest absolute Gasteiger partial charge is 0.404 e. The number of nitro benzene ring substituents is 1. The number of anilines is 1. The van der Waals surface area contributed by atoms with Crippen LogP contribution in [0.15, 0.2) is 48.5 Å². The number of nitrogens with zero attached hydrogens (tertiary/aromatic N) is 1. The van der Waals surface area contributed by atoms with Gasteiger partial charge in [-0.25, -0.2) is 8.42 Å². The topological polar surface area (TPSA) is 98.5 Å². The van der Waals surface area contributed by atoms with Crippen LogP contribution in [0.2, 0.25) is 0 Å². The molecule has 0 atom stereocenters. The minimum atomic E-state index is -4.89. The van der Waals surface area contributed by atoms with Crippen LogP contribution in [-0.2, 0) is 10.0 Å². The van der Waals surface area contributed by atoms with Gasteiger partial charge in [0.05, 0.1) is 10.6 Å². The summed E-state index contributed by atoms with van der Waals surface area (Å²) in [6.45, 7) is 0. The zero-order valence-electron chi connectivity index (χ0n) is 12.4. The Kier molecular flexibility index (Phi) is 5.16. The molecule has 0 radical (unpaired) electrons. The van der Waals surface area contributed by atoms with Crippen LogP contribution in [-0.4, -0.2) is 25.3 Å². The van der Waals surface area contributed by atoms with Crippen molar-refractivity contribution in [1.29, 1.82) is 0 Å². The Morgan fingerprint density at radius 3 is 2.24 bits per heavy atom. The lowest BCUT2D eigenvalue weighted by atomic mass is 10.3. The van der Waals surface area contributed by atoms with E-state index in [1.807, 2.05) is 4.72 Å². The van der Waals surface area contributed by atoms with E-state index in [1.165, 1.54) is 48.5 Å². The zero-order valence-corrected chi connectivity index (χ0v) is 13.2. The monoisotopic (exact) mass is 376 g/mol. The number of hydrogen-bond acceptors (Lipinski definition) is 5. The fraction of sp³-hybridized carbons (Fsp3) is 0.143. The van der Waals surface area contributed by atoms with Gasteiger partial charge in [0.25, 0.3) is 5.69 Å². The number of nitrogens with one attached hydrogen (secondary N) is 1.